The maximum Gasteiger partial charge on any atom is 0.315 e. The fraction of sp³-hybridized carbons (Fsp3) is 0.278. The van der Waals surface area contributed by atoms with Crippen molar-refractivity contribution in [3.05, 3.63) is 63.2 Å². The van der Waals surface area contributed by atoms with Crippen LogP contribution in [0.3, 0.4) is 0 Å². The number of nitrogens with zero attached hydrogens (tertiary/aromatic N) is 2. The third-order valence-corrected chi connectivity index (χ3v) is 3.87. The van der Waals surface area contributed by atoms with Crippen molar-refractivity contribution in [2.24, 2.45) is 4.99 Å². The molecule has 1 aliphatic heterocycles. The summed E-state index contributed by atoms with van der Waals surface area (Å²) in [6.07, 6.45) is 0. The van der Waals surface area contributed by atoms with E-state index in [4.69, 9.17) is 9.47 Å². The third-order valence-electron chi connectivity index (χ3n) is 3.87. The van der Waals surface area contributed by atoms with Gasteiger partial charge in [-0.3, -0.25) is 15.1 Å². The average molecular weight is 341 g/mol. The van der Waals surface area contributed by atoms with E-state index >= 15 is 0 Å². The van der Waals surface area contributed by atoms with Crippen molar-refractivity contribution in [2.75, 3.05) is 20.2 Å². The highest BCUT2D eigenvalue weighted by Gasteiger charge is 2.24. The average Bonchev–Trinajstić information content (AvgIpc) is 3.13. The van der Waals surface area contributed by atoms with Crippen LogP contribution in [0, 0.1) is 17.0 Å². The molecule has 0 radical (unpaired) electrons. The summed E-state index contributed by atoms with van der Waals surface area (Å²) in [7, 11) is 1.46. The molecule has 1 heterocycles. The van der Waals surface area contributed by atoms with E-state index in [1.54, 1.807) is 6.07 Å². The van der Waals surface area contributed by atoms with Gasteiger partial charge in [0.05, 0.1) is 18.6 Å². The van der Waals surface area contributed by atoms with Crippen molar-refractivity contribution in [3.63, 3.8) is 0 Å². The molecule has 0 fully saturated rings. The van der Waals surface area contributed by atoms with Crippen LogP contribution < -0.4 is 14.8 Å². The number of rotatable bonds is 6. The number of nitro groups is 1. The minimum absolute atomic E-state index is 0.122. The molecule has 0 aromatic heterocycles. The molecule has 0 unspecified atom stereocenters. The van der Waals surface area contributed by atoms with E-state index < -0.39 is 4.92 Å². The van der Waals surface area contributed by atoms with Crippen LogP contribution in [0.4, 0.5) is 5.69 Å². The SMILES string of the molecule is COc1cc(C2=NCCN2)cc([N+](=O)[O-])c1OCc1cccc(C)c1. The molecule has 7 heteroatoms. The van der Waals surface area contributed by atoms with Crippen molar-refractivity contribution in [2.45, 2.75) is 13.5 Å². The van der Waals surface area contributed by atoms with E-state index in [1.807, 2.05) is 31.2 Å². The summed E-state index contributed by atoms with van der Waals surface area (Å²) in [5, 5.41) is 14.6. The lowest BCUT2D eigenvalue weighted by atomic mass is 10.1. The minimum Gasteiger partial charge on any atom is -0.493 e. The van der Waals surface area contributed by atoms with Gasteiger partial charge in [0.1, 0.15) is 12.4 Å². The lowest BCUT2D eigenvalue weighted by molar-refractivity contribution is -0.386. The van der Waals surface area contributed by atoms with Gasteiger partial charge in [-0.1, -0.05) is 29.8 Å². The second-order valence-corrected chi connectivity index (χ2v) is 5.72. The number of aryl methyl sites for hydroxylation is 1. The van der Waals surface area contributed by atoms with Crippen molar-refractivity contribution >= 4 is 11.5 Å². The summed E-state index contributed by atoms with van der Waals surface area (Å²) in [6, 6.07) is 11.0. The van der Waals surface area contributed by atoms with E-state index in [0.29, 0.717) is 23.7 Å². The zero-order valence-electron chi connectivity index (χ0n) is 14.1. The number of nitro benzene ring substituents is 1. The summed E-state index contributed by atoms with van der Waals surface area (Å²) in [5.41, 5.74) is 2.51. The Morgan fingerprint density at radius 3 is 2.80 bits per heavy atom. The van der Waals surface area contributed by atoms with Crippen LogP contribution in [0.5, 0.6) is 11.5 Å². The van der Waals surface area contributed by atoms with E-state index in [-0.39, 0.29) is 18.0 Å². The molecule has 2 aromatic rings. The number of hydrogen-bond donors (Lipinski definition) is 1. The highest BCUT2D eigenvalue weighted by Crippen LogP contribution is 2.39. The monoisotopic (exact) mass is 341 g/mol. The summed E-state index contributed by atoms with van der Waals surface area (Å²) < 4.78 is 11.1. The Labute approximate surface area is 145 Å². The maximum absolute atomic E-state index is 11.5. The molecule has 3 rings (SSSR count). The lowest BCUT2D eigenvalue weighted by Crippen LogP contribution is -2.19. The first kappa shape index (κ1) is 16.8. The zero-order chi connectivity index (χ0) is 17.8. The number of methoxy groups -OCH3 is 1. The lowest BCUT2D eigenvalue weighted by Gasteiger charge is -2.13. The number of benzene rings is 2. The van der Waals surface area contributed by atoms with Gasteiger partial charge in [-0.25, -0.2) is 0 Å². The van der Waals surface area contributed by atoms with Crippen molar-refractivity contribution < 1.29 is 14.4 Å². The van der Waals surface area contributed by atoms with Gasteiger partial charge in [-0.05, 0) is 18.6 Å². The topological polar surface area (TPSA) is 86.0 Å². The molecule has 130 valence electrons. The molecule has 0 aliphatic carbocycles. The Morgan fingerprint density at radius 1 is 1.32 bits per heavy atom. The number of aliphatic imine (C=N–C) groups is 1. The summed E-state index contributed by atoms with van der Waals surface area (Å²) in [4.78, 5) is 15.4. The van der Waals surface area contributed by atoms with Crippen LogP contribution in [-0.4, -0.2) is 31.0 Å². The smallest absolute Gasteiger partial charge is 0.315 e. The van der Waals surface area contributed by atoms with Gasteiger partial charge in [0.25, 0.3) is 0 Å². The molecule has 0 amide bonds. The fourth-order valence-electron chi connectivity index (χ4n) is 2.71. The van der Waals surface area contributed by atoms with Gasteiger partial charge in [-0.15, -0.1) is 0 Å². The molecule has 25 heavy (non-hydrogen) atoms. The van der Waals surface area contributed by atoms with Crippen LogP contribution in [0.1, 0.15) is 16.7 Å². The van der Waals surface area contributed by atoms with E-state index in [9.17, 15) is 10.1 Å². The van der Waals surface area contributed by atoms with Crippen molar-refractivity contribution in [1.29, 1.82) is 0 Å². The molecular formula is C18H19N3O4. The Kier molecular flexibility index (Phi) is 4.83. The molecule has 1 N–H and O–H groups in total. The highest BCUT2D eigenvalue weighted by molar-refractivity contribution is 6.01. The molecule has 0 spiro atoms. The predicted octanol–water partition coefficient (Wildman–Crippen LogP) is 2.84. The van der Waals surface area contributed by atoms with Crippen LogP contribution >= 0.6 is 0 Å². The number of nitrogens with one attached hydrogen (secondary N) is 1. The van der Waals surface area contributed by atoms with Crippen LogP contribution in [0.2, 0.25) is 0 Å². The molecular weight excluding hydrogens is 322 g/mol. The van der Waals surface area contributed by atoms with Gasteiger partial charge >= 0.3 is 5.69 Å². The second kappa shape index (κ2) is 7.21. The zero-order valence-corrected chi connectivity index (χ0v) is 14.1. The van der Waals surface area contributed by atoms with Crippen LogP contribution in [0.15, 0.2) is 41.4 Å². The van der Waals surface area contributed by atoms with Crippen molar-refractivity contribution in [1.82, 2.24) is 5.32 Å². The predicted molar refractivity (Wildman–Crippen MR) is 94.6 cm³/mol. The van der Waals surface area contributed by atoms with Crippen LogP contribution in [0.25, 0.3) is 0 Å². The Morgan fingerprint density at radius 2 is 2.16 bits per heavy atom. The molecule has 0 saturated heterocycles. The third kappa shape index (κ3) is 3.71. The Hall–Kier alpha value is -3.09. The summed E-state index contributed by atoms with van der Waals surface area (Å²) >= 11 is 0. The minimum atomic E-state index is -0.465. The number of hydrogen-bond acceptors (Lipinski definition) is 6. The van der Waals surface area contributed by atoms with Gasteiger partial charge in [0, 0.05) is 18.2 Å². The summed E-state index contributed by atoms with van der Waals surface area (Å²) in [6.45, 7) is 3.57. The number of amidine groups is 1. The quantitative estimate of drug-likeness (QED) is 0.645. The first-order valence-corrected chi connectivity index (χ1v) is 7.92. The van der Waals surface area contributed by atoms with E-state index in [2.05, 4.69) is 10.3 Å². The molecule has 0 bridgehead atoms. The largest absolute Gasteiger partial charge is 0.493 e. The Bertz CT molecular complexity index is 833. The standard InChI is InChI=1S/C18H19N3O4/c1-12-4-3-5-13(8-12)11-25-17-15(21(22)23)9-14(10-16(17)24-2)18-19-6-7-20-18/h3-5,8-10H,6-7,11H2,1-2H3,(H,19,20). The van der Waals surface area contributed by atoms with Gasteiger partial charge in [0.15, 0.2) is 5.75 Å². The normalized spacial score (nSPS) is 13.1. The maximum atomic E-state index is 11.5. The van der Waals surface area contributed by atoms with Gasteiger partial charge < -0.3 is 14.8 Å². The van der Waals surface area contributed by atoms with Gasteiger partial charge in [0.2, 0.25) is 5.75 Å². The van der Waals surface area contributed by atoms with Crippen molar-refractivity contribution in [3.8, 4) is 11.5 Å². The number of ether oxygens (including phenoxy) is 2. The first-order chi connectivity index (χ1) is 12.1. The van der Waals surface area contributed by atoms with E-state index in [0.717, 1.165) is 17.7 Å². The molecule has 2 aromatic carbocycles. The molecule has 7 nitrogen and oxygen atoms in total. The second-order valence-electron chi connectivity index (χ2n) is 5.72. The van der Waals surface area contributed by atoms with Crippen LogP contribution in [-0.2, 0) is 6.61 Å². The Balaban J connectivity index is 1.95. The van der Waals surface area contributed by atoms with Gasteiger partial charge in [-0.2, -0.15) is 0 Å². The molecule has 0 saturated carbocycles. The fourth-order valence-corrected chi connectivity index (χ4v) is 2.71. The molecule has 0 atom stereocenters. The summed E-state index contributed by atoms with van der Waals surface area (Å²) in [5.74, 6) is 1.07. The molecule has 1 aliphatic rings. The highest BCUT2D eigenvalue weighted by atomic mass is 16.6. The first-order valence-electron chi connectivity index (χ1n) is 7.92. The van der Waals surface area contributed by atoms with E-state index in [1.165, 1.54) is 13.2 Å².